The summed E-state index contributed by atoms with van der Waals surface area (Å²) in [4.78, 5) is 25.9. The van der Waals surface area contributed by atoms with Gasteiger partial charge in [-0.15, -0.1) is 0 Å². The fourth-order valence-corrected chi connectivity index (χ4v) is 2.40. The third kappa shape index (κ3) is 2.49. The van der Waals surface area contributed by atoms with E-state index in [0.717, 1.165) is 31.5 Å². The van der Waals surface area contributed by atoms with Crippen molar-refractivity contribution in [3.05, 3.63) is 11.3 Å². The van der Waals surface area contributed by atoms with Crippen molar-refractivity contribution in [1.29, 1.82) is 0 Å². The maximum absolute atomic E-state index is 11.9. The summed E-state index contributed by atoms with van der Waals surface area (Å²) in [5.41, 5.74) is 0.907. The monoisotopic (exact) mass is 253 g/mol. The first kappa shape index (κ1) is 12.9. The van der Waals surface area contributed by atoms with Crippen LogP contribution >= 0.6 is 0 Å². The van der Waals surface area contributed by atoms with Gasteiger partial charge in [0.2, 0.25) is 0 Å². The second-order valence-electron chi connectivity index (χ2n) is 4.46. The van der Waals surface area contributed by atoms with E-state index in [1.165, 1.54) is 0 Å². The Hall–Kier alpha value is -1.52. The third-order valence-electron chi connectivity index (χ3n) is 3.26. The molecule has 1 atom stereocenters. The van der Waals surface area contributed by atoms with Crippen molar-refractivity contribution in [2.45, 2.75) is 39.2 Å². The lowest BCUT2D eigenvalue weighted by atomic mass is 10.0. The maximum Gasteiger partial charge on any atom is 0.347 e. The van der Waals surface area contributed by atoms with E-state index < -0.39 is 11.9 Å². The lowest BCUT2D eigenvalue weighted by Gasteiger charge is -2.19. The van der Waals surface area contributed by atoms with Gasteiger partial charge in [0.25, 0.3) is 0 Å². The van der Waals surface area contributed by atoms with E-state index in [1.54, 1.807) is 13.8 Å². The van der Waals surface area contributed by atoms with Crippen LogP contribution in [0.3, 0.4) is 0 Å². The molecular formula is C13H19NO4. The van der Waals surface area contributed by atoms with Gasteiger partial charge in [0.1, 0.15) is 0 Å². The van der Waals surface area contributed by atoms with Crippen LogP contribution < -0.4 is 0 Å². The second-order valence-corrected chi connectivity index (χ2v) is 4.46. The molecule has 0 aromatic heterocycles. The zero-order valence-electron chi connectivity index (χ0n) is 10.9. The largest absolute Gasteiger partial charge is 0.462 e. The lowest BCUT2D eigenvalue weighted by Crippen LogP contribution is -2.24. The molecule has 0 aromatic rings. The summed E-state index contributed by atoms with van der Waals surface area (Å²) < 4.78 is 9.93. The van der Waals surface area contributed by atoms with Gasteiger partial charge in [-0.3, -0.25) is 0 Å². The summed E-state index contributed by atoms with van der Waals surface area (Å²) in [6.07, 6.45) is 2.91. The molecule has 5 nitrogen and oxygen atoms in total. The first-order chi connectivity index (χ1) is 8.69. The van der Waals surface area contributed by atoms with Crippen LogP contribution in [-0.4, -0.2) is 42.6 Å². The molecule has 0 aliphatic carbocycles. The molecule has 100 valence electrons. The van der Waals surface area contributed by atoms with Crippen LogP contribution in [0.15, 0.2) is 11.3 Å². The van der Waals surface area contributed by atoms with E-state index in [1.807, 2.05) is 0 Å². The van der Waals surface area contributed by atoms with Crippen LogP contribution in [0.2, 0.25) is 0 Å². The number of hydrogen-bond acceptors (Lipinski definition) is 5. The Labute approximate surface area is 107 Å². The standard InChI is InChI=1S/C13H19NO4/c1-3-17-12(15)11(13(16)18-4-2)10-7-5-6-9-8-14(9)10/h9H,3-8H2,1-2H3/t9-,14?/m0/s1. The Morgan fingerprint density at radius 3 is 2.39 bits per heavy atom. The lowest BCUT2D eigenvalue weighted by molar-refractivity contribution is -0.146. The number of ether oxygens (including phenoxy) is 2. The van der Waals surface area contributed by atoms with E-state index in [4.69, 9.17) is 9.47 Å². The molecule has 2 aliphatic rings. The van der Waals surface area contributed by atoms with Crippen LogP contribution in [-0.2, 0) is 19.1 Å². The Balaban J connectivity index is 2.25. The number of fused-ring (bicyclic) bond motifs is 1. The van der Waals surface area contributed by atoms with Crippen molar-refractivity contribution in [1.82, 2.24) is 4.90 Å². The molecule has 2 rings (SSSR count). The highest BCUT2D eigenvalue weighted by molar-refractivity contribution is 6.14. The predicted molar refractivity (Wildman–Crippen MR) is 64.6 cm³/mol. The number of rotatable bonds is 4. The summed E-state index contributed by atoms with van der Waals surface area (Å²) >= 11 is 0. The van der Waals surface area contributed by atoms with Gasteiger partial charge in [-0.2, -0.15) is 0 Å². The summed E-state index contributed by atoms with van der Waals surface area (Å²) in [5, 5.41) is 0. The Bertz CT molecular complexity index is 368. The third-order valence-corrected chi connectivity index (χ3v) is 3.26. The Kier molecular flexibility index (Phi) is 3.89. The fourth-order valence-electron chi connectivity index (χ4n) is 2.40. The van der Waals surface area contributed by atoms with Crippen LogP contribution in [0.25, 0.3) is 0 Å². The van der Waals surface area contributed by atoms with E-state index in [9.17, 15) is 9.59 Å². The first-order valence-electron chi connectivity index (χ1n) is 6.53. The van der Waals surface area contributed by atoms with E-state index >= 15 is 0 Å². The number of piperidine rings is 1. The van der Waals surface area contributed by atoms with Gasteiger partial charge in [-0.1, -0.05) is 0 Å². The van der Waals surface area contributed by atoms with Gasteiger partial charge in [0, 0.05) is 18.3 Å². The summed E-state index contributed by atoms with van der Waals surface area (Å²) in [6.45, 7) is 4.92. The molecule has 0 unspecified atom stereocenters. The van der Waals surface area contributed by atoms with Crippen molar-refractivity contribution < 1.29 is 19.1 Å². The normalized spacial score (nSPS) is 21.1. The minimum absolute atomic E-state index is 0.0981. The number of esters is 2. The second kappa shape index (κ2) is 5.42. The number of hydrogen-bond donors (Lipinski definition) is 0. The van der Waals surface area contributed by atoms with Crippen molar-refractivity contribution in [3.63, 3.8) is 0 Å². The molecule has 0 N–H and O–H groups in total. The molecule has 0 spiro atoms. The molecule has 18 heavy (non-hydrogen) atoms. The van der Waals surface area contributed by atoms with Crippen molar-refractivity contribution in [3.8, 4) is 0 Å². The fraction of sp³-hybridized carbons (Fsp3) is 0.692. The highest BCUT2D eigenvalue weighted by atomic mass is 16.6. The highest BCUT2D eigenvalue weighted by Crippen LogP contribution is 2.38. The van der Waals surface area contributed by atoms with Crippen LogP contribution in [0.4, 0.5) is 0 Å². The summed E-state index contributed by atoms with van der Waals surface area (Å²) in [5.74, 6) is -1.11. The zero-order valence-corrected chi connectivity index (χ0v) is 10.9. The van der Waals surface area contributed by atoms with E-state index in [2.05, 4.69) is 4.90 Å². The Morgan fingerprint density at radius 1 is 1.22 bits per heavy atom. The van der Waals surface area contributed by atoms with Crippen molar-refractivity contribution in [2.24, 2.45) is 0 Å². The average molecular weight is 253 g/mol. The molecule has 0 saturated carbocycles. The molecule has 0 bridgehead atoms. The molecule has 0 radical (unpaired) electrons. The zero-order chi connectivity index (χ0) is 13.1. The van der Waals surface area contributed by atoms with Gasteiger partial charge < -0.3 is 14.4 Å². The van der Waals surface area contributed by atoms with Gasteiger partial charge >= 0.3 is 11.9 Å². The van der Waals surface area contributed by atoms with E-state index in [-0.39, 0.29) is 18.8 Å². The van der Waals surface area contributed by atoms with Gasteiger partial charge in [-0.05, 0) is 33.1 Å². The molecule has 0 aromatic carbocycles. The van der Waals surface area contributed by atoms with Crippen LogP contribution in [0, 0.1) is 0 Å². The van der Waals surface area contributed by atoms with Crippen LogP contribution in [0.1, 0.15) is 33.1 Å². The molecular weight excluding hydrogens is 234 g/mol. The topological polar surface area (TPSA) is 55.6 Å². The first-order valence-corrected chi connectivity index (χ1v) is 6.53. The quantitative estimate of drug-likeness (QED) is 0.248. The average Bonchev–Trinajstić information content (AvgIpc) is 3.10. The summed E-state index contributed by atoms with van der Waals surface area (Å²) in [7, 11) is 0. The predicted octanol–water partition coefficient (Wildman–Crippen LogP) is 1.23. The maximum atomic E-state index is 11.9. The number of nitrogens with zero attached hydrogens (tertiary/aromatic N) is 1. The van der Waals surface area contributed by atoms with Gasteiger partial charge in [0.15, 0.2) is 5.57 Å². The minimum atomic E-state index is -0.557. The van der Waals surface area contributed by atoms with Crippen molar-refractivity contribution in [2.75, 3.05) is 19.8 Å². The SMILES string of the molecule is CCOC(=O)C(C(=O)OCC)=C1CCC[C@H]2CN12. The van der Waals surface area contributed by atoms with Gasteiger partial charge in [0.05, 0.1) is 13.2 Å². The number of carbonyl (C=O) groups excluding carboxylic acids is 2. The molecule has 2 aliphatic heterocycles. The molecule has 2 saturated heterocycles. The molecule has 0 amide bonds. The molecule has 2 fully saturated rings. The summed E-state index contributed by atoms with van der Waals surface area (Å²) in [6, 6.07) is 0.507. The number of carbonyl (C=O) groups is 2. The minimum Gasteiger partial charge on any atom is -0.462 e. The van der Waals surface area contributed by atoms with Crippen LogP contribution in [0.5, 0.6) is 0 Å². The molecule has 2 heterocycles. The smallest absolute Gasteiger partial charge is 0.347 e. The van der Waals surface area contributed by atoms with E-state index in [0.29, 0.717) is 6.04 Å². The highest BCUT2D eigenvalue weighted by Gasteiger charge is 2.42. The van der Waals surface area contributed by atoms with Crippen molar-refractivity contribution >= 4 is 11.9 Å². The Morgan fingerprint density at radius 2 is 1.83 bits per heavy atom. The molecule has 5 heteroatoms. The number of allylic oxidation sites excluding steroid dienone is 1. The van der Waals surface area contributed by atoms with Gasteiger partial charge in [-0.25, -0.2) is 9.59 Å².